The molecule has 0 unspecified atom stereocenters. The minimum absolute atomic E-state index is 0.0236. The van der Waals surface area contributed by atoms with Gasteiger partial charge in [-0.2, -0.15) is 30.2 Å². The second kappa shape index (κ2) is 47.4. The number of piperidine rings is 3. The molecule has 12 heterocycles. The molecule has 6 N–H and O–H groups in total. The lowest BCUT2D eigenvalue weighted by Crippen LogP contribution is -2.43. The third-order valence-electron chi connectivity index (χ3n) is 25.5. The lowest BCUT2D eigenvalue weighted by molar-refractivity contribution is 0.0194. The summed E-state index contributed by atoms with van der Waals surface area (Å²) in [5, 5.41) is 46.6. The van der Waals surface area contributed by atoms with Crippen LogP contribution in [0.25, 0.3) is 66.5 Å². The molecule has 0 spiro atoms. The highest BCUT2D eigenvalue weighted by Crippen LogP contribution is 2.43. The summed E-state index contributed by atoms with van der Waals surface area (Å²) in [5.41, 5.74) is 21.0. The SMILES string of the molecule is CC(C)(C)c1noc(C(=O)O)n1.CN(C)C(=O)Cl.COc1ccc(Cn2nc(C3CCN(C(=O)OC(C)(C)C)CC3)c3c(-c4ccc([C@@H](C)N)cc4)ccnc32)cc1.COc1ccc(Cn2nc(C3CCN(C(=O)OC(C)(C)C)CC3)c3c(-c4ccc([C@@H](C)NC(=O)c5nc(C(C)(C)C)no5)cc4)ccnc32)cc1.C[C@@H](NC(=O)c1nc(C(C)(C)C)no1)c1ccc(-c2ccnc3n[nH]c(C4CCN(C(=O)N(C)C)CC4)c23)cc1. The van der Waals surface area contributed by atoms with Crippen molar-refractivity contribution in [2.45, 2.75) is 240 Å². The van der Waals surface area contributed by atoms with E-state index < -0.39 is 34.4 Å². The summed E-state index contributed by atoms with van der Waals surface area (Å²) in [4.78, 5) is 119. The number of benzene rings is 5. The summed E-state index contributed by atoms with van der Waals surface area (Å²) in [6, 6.07) is 46.3. The van der Waals surface area contributed by atoms with Gasteiger partial charge in [-0.3, -0.25) is 19.5 Å². The molecule has 0 radical (unpaired) electrons. The summed E-state index contributed by atoms with van der Waals surface area (Å²) in [6.45, 7) is 39.6. The predicted octanol–water partition coefficient (Wildman–Crippen LogP) is 20.4. The number of aromatic amines is 1. The Bertz CT molecular complexity index is 6950. The zero-order chi connectivity index (χ0) is 108. The second-order valence-corrected chi connectivity index (χ2v) is 43.4. The van der Waals surface area contributed by atoms with Crippen LogP contribution in [-0.4, -0.2) is 239 Å². The summed E-state index contributed by atoms with van der Waals surface area (Å²) in [5.74, 6) is 1.09. The fourth-order valence-corrected chi connectivity index (χ4v) is 17.2. The molecule has 0 saturated carbocycles. The first-order chi connectivity index (χ1) is 70.4. The number of urea groups is 1. The molecule has 3 fully saturated rings. The van der Waals surface area contributed by atoms with E-state index in [4.69, 9.17) is 70.6 Å². The van der Waals surface area contributed by atoms with Crippen molar-refractivity contribution in [2.24, 2.45) is 5.73 Å². The van der Waals surface area contributed by atoms with Crippen LogP contribution in [0.1, 0.15) is 293 Å². The van der Waals surface area contributed by atoms with E-state index >= 15 is 0 Å². The molecule has 5 aromatic carbocycles. The van der Waals surface area contributed by atoms with Gasteiger partial charge < -0.3 is 78.5 Å². The monoisotopic (exact) mass is 2060 g/mol. The number of methoxy groups -OCH3 is 2. The van der Waals surface area contributed by atoms with Gasteiger partial charge in [0.05, 0.1) is 66.9 Å². The first-order valence-electron chi connectivity index (χ1n) is 49.9. The number of ether oxygens (including phenoxy) is 4. The molecule has 38 nitrogen and oxygen atoms in total. The number of carbonyl (C=O) groups is 7. The van der Waals surface area contributed by atoms with Crippen LogP contribution in [-0.2, 0) is 38.8 Å². The van der Waals surface area contributed by atoms with Crippen molar-refractivity contribution in [3.8, 4) is 44.9 Å². The second-order valence-electron chi connectivity index (χ2n) is 43.0. The normalized spacial score (nSPS) is 14.5. The molecule has 17 rings (SSSR count). The molecule has 790 valence electrons. The van der Waals surface area contributed by atoms with Crippen molar-refractivity contribution in [1.82, 2.24) is 110 Å². The molecule has 7 amide bonds. The Balaban J connectivity index is 0.000000173. The number of nitrogens with two attached hydrogens (primary N) is 1. The van der Waals surface area contributed by atoms with E-state index in [2.05, 4.69) is 115 Å². The van der Waals surface area contributed by atoms with E-state index in [9.17, 15) is 33.6 Å². The van der Waals surface area contributed by atoms with Gasteiger partial charge in [0.1, 0.15) is 22.7 Å². The lowest BCUT2D eigenvalue weighted by atomic mass is 9.89. The number of pyridine rings is 3. The maximum atomic E-state index is 12.9. The molecule has 3 atom stereocenters. The summed E-state index contributed by atoms with van der Waals surface area (Å²) in [6.07, 6.45) is 9.78. The number of likely N-dealkylation sites (tertiary alicyclic amines) is 3. The molecular weight excluding hydrogens is 1920 g/mol. The maximum absolute atomic E-state index is 12.9. The van der Waals surface area contributed by atoms with Crippen LogP contribution in [0.3, 0.4) is 0 Å². The highest BCUT2D eigenvalue weighted by molar-refractivity contribution is 6.62. The van der Waals surface area contributed by atoms with Gasteiger partial charge >= 0.3 is 59.0 Å². The van der Waals surface area contributed by atoms with E-state index in [1.54, 1.807) is 58.4 Å². The molecule has 0 aliphatic carbocycles. The van der Waals surface area contributed by atoms with Crippen LogP contribution in [0.4, 0.5) is 19.2 Å². The smallest absolute Gasteiger partial charge is 0.410 e. The van der Waals surface area contributed by atoms with E-state index in [0.29, 0.717) is 75.5 Å². The molecule has 3 aliphatic heterocycles. The number of rotatable bonds is 20. The zero-order valence-corrected chi connectivity index (χ0v) is 90.2. The third kappa shape index (κ3) is 28.5. The number of carboxylic acid groups (broad SMARTS) is 1. The number of fused-ring (bicyclic) bond motifs is 3. The molecule has 14 aromatic rings. The van der Waals surface area contributed by atoms with Crippen LogP contribution < -0.4 is 25.8 Å². The number of amides is 7. The van der Waals surface area contributed by atoms with Gasteiger partial charge in [-0.1, -0.05) is 175 Å². The van der Waals surface area contributed by atoms with Gasteiger partial charge in [0.15, 0.2) is 34.4 Å². The van der Waals surface area contributed by atoms with Crippen LogP contribution in [0.5, 0.6) is 11.5 Å². The summed E-state index contributed by atoms with van der Waals surface area (Å²) in [7, 11) is 10.1. The summed E-state index contributed by atoms with van der Waals surface area (Å²) >= 11 is 4.90. The van der Waals surface area contributed by atoms with Gasteiger partial charge in [-0.25, -0.2) is 43.5 Å². The Kier molecular flexibility index (Phi) is 35.3. The van der Waals surface area contributed by atoms with Crippen LogP contribution in [0.15, 0.2) is 172 Å². The van der Waals surface area contributed by atoms with Gasteiger partial charge in [0.2, 0.25) is 0 Å². The largest absolute Gasteiger partial charge is 0.497 e. The molecule has 3 saturated heterocycles. The molecule has 149 heavy (non-hydrogen) atoms. The standard InChI is InChI=1S/C39H47N7O5.C32H39N5O3.C29H36N8O3.C7H10N2O3.C3H6ClNO/c1-24(41-34(47)35-42-36(44-51-35)38(2,3)4)26-11-13-27(14-12-26)30-17-20-40-33-31(30)32(43-46(33)23-25-9-15-29(49-8)16-10-25)28-18-21-45(22-19-28)37(48)50-39(5,6)7;1-21(33)23-8-10-24(11-9-23)27-14-17-34-30-28(27)29(35-37(30)20-22-6-12-26(39-5)13-7-22)25-15-18-36(19-16-25)31(38)40-32(2,3)4;1-17(31-25(38)26-32-27(35-40-26)29(2,3)4)18-7-9-19(10-8-18)21-11-14-30-24-22(21)23(33-34-24)20-12-15-37(16-13-20)28(39)36(5)6;1-7(2,3)6-8-4(5(10)11)12-9-6;1-5(2)3(4)6/h9-17,20,24,28H,18-19,21-23H2,1-8H3,(H,41,47);6-14,17,21,25H,15-16,18-20,33H2,1-5H3;7-11,14,17,20H,12-13,15-16H2,1-6H3,(H,31,38)(H,30,33,34);1-3H3,(H,10,11);1-2H3/t24-;21-;17-;;/m111../s1. The quantitative estimate of drug-likeness (QED) is 0.0349. The Morgan fingerprint density at radius 1 is 0.456 bits per heavy atom. The van der Waals surface area contributed by atoms with Crippen molar-refractivity contribution in [1.29, 1.82) is 0 Å². The van der Waals surface area contributed by atoms with Crippen molar-refractivity contribution in [3.63, 3.8) is 0 Å². The molecule has 0 bridgehead atoms. The van der Waals surface area contributed by atoms with Crippen LogP contribution >= 0.6 is 11.6 Å². The third-order valence-corrected chi connectivity index (χ3v) is 25.8. The first kappa shape index (κ1) is 111. The average molecular weight is 2060 g/mol. The minimum atomic E-state index is -1.20. The highest BCUT2D eigenvalue weighted by atomic mass is 35.5. The number of aromatic nitrogens is 15. The highest BCUT2D eigenvalue weighted by Gasteiger charge is 2.37. The predicted molar refractivity (Wildman–Crippen MR) is 567 cm³/mol. The van der Waals surface area contributed by atoms with Crippen molar-refractivity contribution < 1.29 is 71.2 Å². The fraction of sp³-hybridized carbons (Fsp3) is 0.445. The number of nitrogens with one attached hydrogen (secondary N) is 3. The fourth-order valence-electron chi connectivity index (χ4n) is 17.2. The number of H-pyrrole nitrogens is 1. The number of hydrogen-bond donors (Lipinski definition) is 5. The maximum Gasteiger partial charge on any atom is 0.410 e. The number of carboxylic acids is 1. The van der Waals surface area contributed by atoms with Gasteiger partial charge in [-0.05, 0) is 216 Å². The minimum Gasteiger partial charge on any atom is -0.497 e. The molecular formula is C110H138ClN23O15. The Morgan fingerprint density at radius 3 is 1.11 bits per heavy atom. The van der Waals surface area contributed by atoms with E-state index in [0.717, 1.165) is 156 Å². The van der Waals surface area contributed by atoms with E-state index in [-0.39, 0.29) is 88.0 Å². The Morgan fingerprint density at radius 2 is 0.792 bits per heavy atom. The van der Waals surface area contributed by atoms with Crippen molar-refractivity contribution in [2.75, 3.05) is 81.7 Å². The number of carbonyl (C=O) groups excluding carboxylic acids is 6. The van der Waals surface area contributed by atoms with Crippen LogP contribution in [0.2, 0.25) is 0 Å². The van der Waals surface area contributed by atoms with E-state index in [1.807, 2.05) is 241 Å². The lowest BCUT2D eigenvalue weighted by Gasteiger charge is -2.33. The molecule has 39 heteroatoms. The Hall–Kier alpha value is -15.1. The van der Waals surface area contributed by atoms with Crippen molar-refractivity contribution in [3.05, 3.63) is 238 Å². The Labute approximate surface area is 872 Å². The number of aromatic carboxylic acids is 1. The number of halogens is 1. The van der Waals surface area contributed by atoms with Crippen LogP contribution in [0, 0.1) is 0 Å². The van der Waals surface area contributed by atoms with E-state index in [1.165, 1.54) is 4.90 Å². The first-order valence-corrected chi connectivity index (χ1v) is 50.3. The van der Waals surface area contributed by atoms with Gasteiger partial charge in [0.25, 0.3) is 0 Å². The molecule has 9 aromatic heterocycles. The van der Waals surface area contributed by atoms with Gasteiger partial charge in [0, 0.05) is 132 Å². The van der Waals surface area contributed by atoms with Crippen molar-refractivity contribution >= 4 is 86.1 Å². The topological polar surface area (TPSA) is 463 Å². The average Bonchev–Trinajstić information content (AvgIpc) is 1.42. The number of nitrogens with zero attached hydrogens (tertiary/aromatic N) is 19. The summed E-state index contributed by atoms with van der Waals surface area (Å²) < 4.78 is 40.9. The zero-order valence-electron chi connectivity index (χ0n) is 89.5. The number of hydrogen-bond acceptors (Lipinski definition) is 27. The molecule has 3 aliphatic rings. The van der Waals surface area contributed by atoms with Gasteiger partial charge in [-0.15, -0.1) is 0 Å².